The maximum absolute atomic E-state index is 5.71. The fraction of sp³-hybridized carbons (Fsp3) is 0.111. The number of hydrogen-bond acceptors (Lipinski definition) is 3. The quantitative estimate of drug-likeness (QED) is 0.768. The second kappa shape index (κ2) is 6.29. The number of rotatable bonds is 5. The lowest BCUT2D eigenvalue weighted by Gasteiger charge is -2.06. The Morgan fingerprint density at radius 3 is 2.10 bits per heavy atom. The van der Waals surface area contributed by atoms with Crippen molar-refractivity contribution in [3.63, 3.8) is 0 Å². The smallest absolute Gasteiger partial charge is 0.146 e. The molecule has 3 aromatic rings. The van der Waals surface area contributed by atoms with E-state index in [1.807, 2.05) is 42.5 Å². The first-order valence-electron chi connectivity index (χ1n) is 6.91. The summed E-state index contributed by atoms with van der Waals surface area (Å²) < 4.78 is 11.2. The van der Waals surface area contributed by atoms with Crippen LogP contribution in [0.15, 0.2) is 71.1 Å². The van der Waals surface area contributed by atoms with Crippen LogP contribution in [0.1, 0.15) is 11.5 Å². The van der Waals surface area contributed by atoms with Gasteiger partial charge in [0.05, 0.1) is 6.54 Å². The molecule has 0 aliphatic carbocycles. The van der Waals surface area contributed by atoms with Gasteiger partial charge in [0, 0.05) is 0 Å². The lowest BCUT2D eigenvalue weighted by Crippen LogP contribution is -1.95. The summed E-state index contributed by atoms with van der Waals surface area (Å²) in [4.78, 5) is 0. The summed E-state index contributed by atoms with van der Waals surface area (Å²) in [5.41, 5.74) is 7.88. The average molecular weight is 279 g/mol. The Balaban J connectivity index is 1.64. The Labute approximate surface area is 124 Å². The molecule has 1 heterocycles. The molecule has 106 valence electrons. The second-order valence-electron chi connectivity index (χ2n) is 4.75. The summed E-state index contributed by atoms with van der Waals surface area (Å²) in [6.07, 6.45) is 0. The fourth-order valence-corrected chi connectivity index (χ4v) is 2.14. The molecule has 0 unspecified atom stereocenters. The molecule has 0 amide bonds. The van der Waals surface area contributed by atoms with Crippen LogP contribution in [-0.2, 0) is 13.2 Å². The molecule has 2 aromatic carbocycles. The van der Waals surface area contributed by atoms with Gasteiger partial charge in [0.25, 0.3) is 0 Å². The number of nitrogens with two attached hydrogens (primary N) is 1. The van der Waals surface area contributed by atoms with E-state index in [4.69, 9.17) is 14.9 Å². The van der Waals surface area contributed by atoms with Crippen molar-refractivity contribution < 1.29 is 9.15 Å². The highest BCUT2D eigenvalue weighted by molar-refractivity contribution is 5.63. The van der Waals surface area contributed by atoms with Gasteiger partial charge in [0.15, 0.2) is 0 Å². The van der Waals surface area contributed by atoms with E-state index in [-0.39, 0.29) is 0 Å². The number of hydrogen-bond donors (Lipinski definition) is 1. The van der Waals surface area contributed by atoms with Gasteiger partial charge in [-0.05, 0) is 35.4 Å². The van der Waals surface area contributed by atoms with Crippen LogP contribution < -0.4 is 10.5 Å². The topological polar surface area (TPSA) is 48.4 Å². The Kier molecular flexibility index (Phi) is 4.03. The molecular formula is C18H17NO2. The van der Waals surface area contributed by atoms with Crippen LogP contribution >= 0.6 is 0 Å². The fourth-order valence-electron chi connectivity index (χ4n) is 2.14. The number of furan rings is 1. The van der Waals surface area contributed by atoms with Gasteiger partial charge in [-0.1, -0.05) is 42.5 Å². The second-order valence-corrected chi connectivity index (χ2v) is 4.75. The third kappa shape index (κ3) is 3.33. The van der Waals surface area contributed by atoms with E-state index in [1.54, 1.807) is 0 Å². The van der Waals surface area contributed by atoms with Gasteiger partial charge in [0.1, 0.15) is 23.9 Å². The van der Waals surface area contributed by atoms with Crippen LogP contribution in [-0.4, -0.2) is 0 Å². The van der Waals surface area contributed by atoms with Gasteiger partial charge in [0.2, 0.25) is 0 Å². The molecule has 21 heavy (non-hydrogen) atoms. The highest BCUT2D eigenvalue weighted by atomic mass is 16.5. The van der Waals surface area contributed by atoms with Crippen LogP contribution in [0.3, 0.4) is 0 Å². The molecule has 2 N–H and O–H groups in total. The molecule has 1 aromatic heterocycles. The van der Waals surface area contributed by atoms with Crippen molar-refractivity contribution in [2.24, 2.45) is 5.73 Å². The molecule has 0 atom stereocenters. The molecule has 0 spiro atoms. The van der Waals surface area contributed by atoms with E-state index < -0.39 is 0 Å². The van der Waals surface area contributed by atoms with E-state index in [2.05, 4.69) is 24.3 Å². The van der Waals surface area contributed by atoms with E-state index in [9.17, 15) is 0 Å². The zero-order valence-electron chi connectivity index (χ0n) is 11.7. The van der Waals surface area contributed by atoms with Crippen LogP contribution in [0.25, 0.3) is 11.1 Å². The van der Waals surface area contributed by atoms with Gasteiger partial charge >= 0.3 is 0 Å². The third-order valence-electron chi connectivity index (χ3n) is 3.26. The third-order valence-corrected chi connectivity index (χ3v) is 3.26. The number of ether oxygens (including phenoxy) is 1. The number of benzene rings is 2. The van der Waals surface area contributed by atoms with Crippen molar-refractivity contribution in [1.82, 2.24) is 0 Å². The van der Waals surface area contributed by atoms with E-state index in [1.165, 1.54) is 11.1 Å². The van der Waals surface area contributed by atoms with Gasteiger partial charge in [-0.25, -0.2) is 0 Å². The molecule has 3 heteroatoms. The Morgan fingerprint density at radius 1 is 0.762 bits per heavy atom. The first-order valence-corrected chi connectivity index (χ1v) is 6.91. The highest BCUT2D eigenvalue weighted by Gasteiger charge is 2.02. The summed E-state index contributed by atoms with van der Waals surface area (Å²) in [5.74, 6) is 2.37. The minimum atomic E-state index is 0.407. The summed E-state index contributed by atoms with van der Waals surface area (Å²) in [6.45, 7) is 0.816. The standard InChI is InChI=1S/C18H17NO2/c19-12-17-10-11-18(21-17)13-20-16-8-6-15(7-9-16)14-4-2-1-3-5-14/h1-11H,12-13,19H2. The zero-order chi connectivity index (χ0) is 14.5. The van der Waals surface area contributed by atoms with Crippen LogP contribution in [0.4, 0.5) is 0 Å². The van der Waals surface area contributed by atoms with Gasteiger partial charge in [-0.15, -0.1) is 0 Å². The molecule has 3 nitrogen and oxygen atoms in total. The van der Waals surface area contributed by atoms with Crippen LogP contribution in [0, 0.1) is 0 Å². The minimum absolute atomic E-state index is 0.407. The summed E-state index contributed by atoms with van der Waals surface area (Å²) >= 11 is 0. The zero-order valence-corrected chi connectivity index (χ0v) is 11.7. The van der Waals surface area contributed by atoms with E-state index in [0.717, 1.165) is 17.3 Å². The van der Waals surface area contributed by atoms with Crippen molar-refractivity contribution >= 4 is 0 Å². The van der Waals surface area contributed by atoms with Crippen molar-refractivity contribution in [3.8, 4) is 16.9 Å². The molecule has 0 fully saturated rings. The SMILES string of the molecule is NCc1ccc(COc2ccc(-c3ccccc3)cc2)o1. The van der Waals surface area contributed by atoms with E-state index >= 15 is 0 Å². The first kappa shape index (κ1) is 13.5. The summed E-state index contributed by atoms with van der Waals surface area (Å²) in [6, 6.07) is 22.1. The molecule has 0 aliphatic heterocycles. The average Bonchev–Trinajstić information content (AvgIpc) is 3.02. The van der Waals surface area contributed by atoms with E-state index in [0.29, 0.717) is 13.2 Å². The van der Waals surface area contributed by atoms with Gasteiger partial charge < -0.3 is 14.9 Å². The maximum Gasteiger partial charge on any atom is 0.146 e. The van der Waals surface area contributed by atoms with Crippen LogP contribution in [0.2, 0.25) is 0 Å². The Hall–Kier alpha value is -2.52. The lowest BCUT2D eigenvalue weighted by atomic mass is 10.1. The largest absolute Gasteiger partial charge is 0.486 e. The predicted molar refractivity (Wildman–Crippen MR) is 82.8 cm³/mol. The van der Waals surface area contributed by atoms with Crippen LogP contribution in [0.5, 0.6) is 5.75 Å². The minimum Gasteiger partial charge on any atom is -0.486 e. The first-order chi connectivity index (χ1) is 10.3. The predicted octanol–water partition coefficient (Wildman–Crippen LogP) is 3.98. The van der Waals surface area contributed by atoms with Crippen molar-refractivity contribution in [2.45, 2.75) is 13.2 Å². The molecular weight excluding hydrogens is 262 g/mol. The normalized spacial score (nSPS) is 10.5. The molecule has 0 radical (unpaired) electrons. The van der Waals surface area contributed by atoms with Gasteiger partial charge in [-0.3, -0.25) is 0 Å². The molecule has 0 bridgehead atoms. The van der Waals surface area contributed by atoms with Crippen molar-refractivity contribution in [2.75, 3.05) is 0 Å². The van der Waals surface area contributed by atoms with Crippen molar-refractivity contribution in [1.29, 1.82) is 0 Å². The molecule has 3 rings (SSSR count). The van der Waals surface area contributed by atoms with Crippen molar-refractivity contribution in [3.05, 3.63) is 78.3 Å². The monoisotopic (exact) mass is 279 g/mol. The molecule has 0 saturated heterocycles. The highest BCUT2D eigenvalue weighted by Crippen LogP contribution is 2.22. The Bertz CT molecular complexity index is 687. The Morgan fingerprint density at radius 2 is 1.43 bits per heavy atom. The molecule has 0 saturated carbocycles. The summed E-state index contributed by atoms with van der Waals surface area (Å²) in [5, 5.41) is 0. The maximum atomic E-state index is 5.71. The summed E-state index contributed by atoms with van der Waals surface area (Å²) in [7, 11) is 0. The lowest BCUT2D eigenvalue weighted by molar-refractivity contribution is 0.266. The molecule has 0 aliphatic rings. The van der Waals surface area contributed by atoms with Gasteiger partial charge in [-0.2, -0.15) is 0 Å².